The topological polar surface area (TPSA) is 76.1 Å². The number of aryl methyl sites for hydroxylation is 1. The Hall–Kier alpha value is -2.55. The average molecular weight is 510 g/mol. The van der Waals surface area contributed by atoms with E-state index < -0.39 is 16.1 Å². The SMILES string of the molecule is Cc1ccc(S(=O)(=O)N2[C@@H](CCO)CC[C@H](OCc3ccccc3)[C@H]2COCc2ccccc2)cc1. The standard InChI is InChI=1S/C29H35NO5S/c1-23-12-15-27(16-13-23)36(32,33)30-26(18-19-31)14-17-29(35-21-25-10-6-3-7-11-25)28(30)22-34-20-24-8-4-2-5-9-24/h2-13,15-16,26,28-29,31H,14,17-22H2,1H3/t26-,28-,29+/m1/s1. The normalized spacial score (nSPS) is 20.9. The molecule has 0 spiro atoms. The molecule has 192 valence electrons. The minimum Gasteiger partial charge on any atom is -0.396 e. The molecule has 1 saturated heterocycles. The molecule has 6 nitrogen and oxygen atoms in total. The summed E-state index contributed by atoms with van der Waals surface area (Å²) in [7, 11) is -3.85. The van der Waals surface area contributed by atoms with Gasteiger partial charge in [-0.15, -0.1) is 0 Å². The largest absolute Gasteiger partial charge is 0.396 e. The summed E-state index contributed by atoms with van der Waals surface area (Å²) >= 11 is 0. The Morgan fingerprint density at radius 2 is 1.47 bits per heavy atom. The van der Waals surface area contributed by atoms with E-state index in [1.807, 2.05) is 79.7 Å². The van der Waals surface area contributed by atoms with Crippen LogP contribution in [0.5, 0.6) is 0 Å². The maximum atomic E-state index is 14.0. The molecule has 0 unspecified atom stereocenters. The minimum absolute atomic E-state index is 0.0856. The molecule has 0 saturated carbocycles. The summed E-state index contributed by atoms with van der Waals surface area (Å²) < 4.78 is 42.0. The number of rotatable bonds is 11. The number of aliphatic hydroxyl groups excluding tert-OH is 1. The van der Waals surface area contributed by atoms with Gasteiger partial charge >= 0.3 is 0 Å². The summed E-state index contributed by atoms with van der Waals surface area (Å²) in [4.78, 5) is 0.243. The summed E-state index contributed by atoms with van der Waals surface area (Å²) in [5, 5.41) is 9.75. The highest BCUT2D eigenvalue weighted by atomic mass is 32.2. The number of ether oxygens (including phenoxy) is 2. The first-order valence-electron chi connectivity index (χ1n) is 12.5. The Balaban J connectivity index is 1.62. The Kier molecular flexibility index (Phi) is 9.29. The number of nitrogens with zero attached hydrogens (tertiary/aromatic N) is 1. The number of sulfonamides is 1. The van der Waals surface area contributed by atoms with Gasteiger partial charge in [-0.2, -0.15) is 4.31 Å². The van der Waals surface area contributed by atoms with Gasteiger partial charge in [0.2, 0.25) is 10.0 Å². The Morgan fingerprint density at radius 1 is 0.861 bits per heavy atom. The van der Waals surface area contributed by atoms with E-state index in [1.165, 1.54) is 0 Å². The second-order valence-corrected chi connectivity index (χ2v) is 11.1. The van der Waals surface area contributed by atoms with Gasteiger partial charge in [0.05, 0.1) is 36.9 Å². The molecule has 3 atom stereocenters. The highest BCUT2D eigenvalue weighted by molar-refractivity contribution is 7.89. The van der Waals surface area contributed by atoms with Crippen LogP contribution in [0.3, 0.4) is 0 Å². The van der Waals surface area contributed by atoms with Crippen molar-refractivity contribution < 1.29 is 23.0 Å². The van der Waals surface area contributed by atoms with Gasteiger partial charge in [0.15, 0.2) is 0 Å². The van der Waals surface area contributed by atoms with E-state index in [-0.39, 0.29) is 30.3 Å². The van der Waals surface area contributed by atoms with Crippen LogP contribution in [0.2, 0.25) is 0 Å². The summed E-state index contributed by atoms with van der Waals surface area (Å²) in [5.41, 5.74) is 3.05. The average Bonchev–Trinajstić information content (AvgIpc) is 2.89. The maximum Gasteiger partial charge on any atom is 0.243 e. The van der Waals surface area contributed by atoms with Gasteiger partial charge in [-0.1, -0.05) is 78.4 Å². The molecule has 0 amide bonds. The van der Waals surface area contributed by atoms with E-state index >= 15 is 0 Å². The first kappa shape index (κ1) is 26.5. The van der Waals surface area contributed by atoms with Crippen molar-refractivity contribution in [3.8, 4) is 0 Å². The summed E-state index contributed by atoms with van der Waals surface area (Å²) in [5.74, 6) is 0. The van der Waals surface area contributed by atoms with Crippen LogP contribution in [-0.4, -0.2) is 49.2 Å². The molecule has 0 radical (unpaired) electrons. The monoisotopic (exact) mass is 509 g/mol. The summed E-state index contributed by atoms with van der Waals surface area (Å²) in [6, 6.07) is 25.8. The van der Waals surface area contributed by atoms with Crippen LogP contribution in [0.1, 0.15) is 36.0 Å². The molecule has 1 aliphatic heterocycles. The second kappa shape index (κ2) is 12.6. The van der Waals surface area contributed by atoms with Crippen LogP contribution in [-0.2, 0) is 32.7 Å². The van der Waals surface area contributed by atoms with Crippen molar-refractivity contribution in [3.63, 3.8) is 0 Å². The maximum absolute atomic E-state index is 14.0. The molecule has 1 aliphatic rings. The highest BCUT2D eigenvalue weighted by Gasteiger charge is 2.45. The molecular weight excluding hydrogens is 474 g/mol. The fourth-order valence-corrected chi connectivity index (χ4v) is 6.64. The van der Waals surface area contributed by atoms with E-state index in [1.54, 1.807) is 16.4 Å². The third kappa shape index (κ3) is 6.60. The summed E-state index contributed by atoms with van der Waals surface area (Å²) in [6.07, 6.45) is 1.33. The van der Waals surface area contributed by atoms with Gasteiger partial charge in [0.25, 0.3) is 0 Å². The van der Waals surface area contributed by atoms with Crippen LogP contribution in [0.25, 0.3) is 0 Å². The summed E-state index contributed by atoms with van der Waals surface area (Å²) in [6.45, 7) is 2.81. The Labute approximate surface area is 214 Å². The van der Waals surface area contributed by atoms with E-state index in [2.05, 4.69) is 0 Å². The number of hydrogen-bond donors (Lipinski definition) is 1. The number of hydrogen-bond acceptors (Lipinski definition) is 5. The predicted octanol–water partition coefficient (Wildman–Crippen LogP) is 4.70. The predicted molar refractivity (Wildman–Crippen MR) is 140 cm³/mol. The van der Waals surface area contributed by atoms with Crippen LogP contribution in [0.15, 0.2) is 89.8 Å². The molecule has 7 heteroatoms. The van der Waals surface area contributed by atoms with Crippen molar-refractivity contribution in [2.45, 2.75) is 62.5 Å². The van der Waals surface area contributed by atoms with Crippen molar-refractivity contribution in [2.75, 3.05) is 13.2 Å². The fourth-order valence-electron chi connectivity index (χ4n) is 4.76. The Bertz CT molecular complexity index is 1170. The van der Waals surface area contributed by atoms with E-state index in [4.69, 9.17) is 9.47 Å². The van der Waals surface area contributed by atoms with Gasteiger partial charge < -0.3 is 14.6 Å². The van der Waals surface area contributed by atoms with Crippen LogP contribution < -0.4 is 0 Å². The zero-order chi connectivity index (χ0) is 25.4. The van der Waals surface area contributed by atoms with Gasteiger partial charge in [-0.05, 0) is 49.4 Å². The number of aliphatic hydroxyl groups is 1. The van der Waals surface area contributed by atoms with Crippen molar-refractivity contribution >= 4 is 10.0 Å². The molecule has 1 N–H and O–H groups in total. The molecule has 0 aliphatic carbocycles. The molecule has 4 rings (SSSR count). The van der Waals surface area contributed by atoms with Crippen molar-refractivity contribution in [3.05, 3.63) is 102 Å². The van der Waals surface area contributed by atoms with Crippen LogP contribution >= 0.6 is 0 Å². The van der Waals surface area contributed by atoms with Crippen LogP contribution in [0, 0.1) is 6.92 Å². The lowest BCUT2D eigenvalue weighted by molar-refractivity contribution is -0.0723. The molecule has 0 bridgehead atoms. The third-order valence-electron chi connectivity index (χ3n) is 6.67. The van der Waals surface area contributed by atoms with E-state index in [0.717, 1.165) is 16.7 Å². The van der Waals surface area contributed by atoms with Gasteiger partial charge in [0, 0.05) is 12.6 Å². The van der Waals surface area contributed by atoms with E-state index in [0.29, 0.717) is 32.5 Å². The molecule has 1 heterocycles. The number of benzene rings is 3. The lowest BCUT2D eigenvalue weighted by Crippen LogP contribution is -2.58. The van der Waals surface area contributed by atoms with Crippen molar-refractivity contribution in [1.82, 2.24) is 4.31 Å². The smallest absolute Gasteiger partial charge is 0.243 e. The molecule has 0 aromatic heterocycles. The highest BCUT2D eigenvalue weighted by Crippen LogP contribution is 2.34. The first-order chi connectivity index (χ1) is 17.5. The van der Waals surface area contributed by atoms with Gasteiger partial charge in [-0.25, -0.2) is 8.42 Å². The lowest BCUT2D eigenvalue weighted by atomic mass is 9.94. The minimum atomic E-state index is -3.85. The molecular formula is C29H35NO5S. The number of piperidine rings is 1. The third-order valence-corrected chi connectivity index (χ3v) is 8.66. The van der Waals surface area contributed by atoms with Crippen molar-refractivity contribution in [2.24, 2.45) is 0 Å². The van der Waals surface area contributed by atoms with E-state index in [9.17, 15) is 13.5 Å². The Morgan fingerprint density at radius 3 is 2.08 bits per heavy atom. The lowest BCUT2D eigenvalue weighted by Gasteiger charge is -2.45. The quantitative estimate of drug-likeness (QED) is 0.406. The first-order valence-corrected chi connectivity index (χ1v) is 13.9. The second-order valence-electron chi connectivity index (χ2n) is 9.29. The van der Waals surface area contributed by atoms with Crippen molar-refractivity contribution in [1.29, 1.82) is 0 Å². The van der Waals surface area contributed by atoms with Gasteiger partial charge in [-0.3, -0.25) is 0 Å². The molecule has 3 aromatic rings. The molecule has 36 heavy (non-hydrogen) atoms. The molecule has 1 fully saturated rings. The van der Waals surface area contributed by atoms with Gasteiger partial charge in [0.1, 0.15) is 0 Å². The van der Waals surface area contributed by atoms with Crippen LogP contribution in [0.4, 0.5) is 0 Å². The fraction of sp³-hybridized carbons (Fsp3) is 0.379. The molecule has 3 aromatic carbocycles. The zero-order valence-electron chi connectivity index (χ0n) is 20.7. The zero-order valence-corrected chi connectivity index (χ0v) is 21.5.